The van der Waals surface area contributed by atoms with Crippen LogP contribution < -0.4 is 10.1 Å². The van der Waals surface area contributed by atoms with Gasteiger partial charge in [-0.3, -0.25) is 0 Å². The van der Waals surface area contributed by atoms with Crippen molar-refractivity contribution in [3.05, 3.63) is 18.5 Å². The van der Waals surface area contributed by atoms with Crippen LogP contribution in [0.4, 0.5) is 4.79 Å². The van der Waals surface area contributed by atoms with E-state index >= 15 is 0 Å². The lowest BCUT2D eigenvalue weighted by Gasteiger charge is -2.33. The Morgan fingerprint density at radius 3 is 2.57 bits per heavy atom. The fraction of sp³-hybridized carbons (Fsp3) is 0.706. The molecule has 2 heterocycles. The van der Waals surface area contributed by atoms with Gasteiger partial charge in [-0.2, -0.15) is 0 Å². The van der Waals surface area contributed by atoms with E-state index in [-0.39, 0.29) is 12.1 Å². The average Bonchev–Trinajstić information content (AvgIpc) is 2.85. The van der Waals surface area contributed by atoms with Gasteiger partial charge in [0.2, 0.25) is 0 Å². The van der Waals surface area contributed by atoms with Crippen LogP contribution in [-0.4, -0.2) is 46.1 Å². The Morgan fingerprint density at radius 1 is 1.09 bits per heavy atom. The van der Waals surface area contributed by atoms with Crippen LogP contribution >= 0.6 is 0 Å². The summed E-state index contributed by atoms with van der Waals surface area (Å²) in [7, 11) is 0. The average molecular weight is 318 g/mol. The van der Waals surface area contributed by atoms with Gasteiger partial charge in [-0.15, -0.1) is 0 Å². The Morgan fingerprint density at radius 2 is 1.83 bits per heavy atom. The van der Waals surface area contributed by atoms with Crippen molar-refractivity contribution in [2.24, 2.45) is 0 Å². The van der Waals surface area contributed by atoms with Crippen LogP contribution in [0.15, 0.2) is 18.5 Å². The van der Waals surface area contributed by atoms with Crippen molar-refractivity contribution in [2.45, 2.75) is 63.5 Å². The van der Waals surface area contributed by atoms with E-state index in [9.17, 15) is 4.79 Å². The zero-order valence-corrected chi connectivity index (χ0v) is 13.6. The van der Waals surface area contributed by atoms with E-state index in [0.717, 1.165) is 32.2 Å². The Hall–Kier alpha value is -1.85. The van der Waals surface area contributed by atoms with Crippen molar-refractivity contribution in [1.29, 1.82) is 0 Å². The highest BCUT2D eigenvalue weighted by Crippen LogP contribution is 2.19. The second-order valence-electron chi connectivity index (χ2n) is 6.50. The molecule has 0 aromatic carbocycles. The number of carbonyl (C=O) groups excluding carboxylic acids is 1. The number of hydrogen-bond donors (Lipinski definition) is 1. The van der Waals surface area contributed by atoms with Gasteiger partial charge >= 0.3 is 12.0 Å². The molecule has 0 spiro atoms. The molecule has 2 aliphatic rings. The number of carbonyl (C=O) groups is 1. The minimum Gasteiger partial charge on any atom is -0.458 e. The summed E-state index contributed by atoms with van der Waals surface area (Å²) >= 11 is 0. The number of piperidine rings is 1. The van der Waals surface area contributed by atoms with Gasteiger partial charge < -0.3 is 15.0 Å². The van der Waals surface area contributed by atoms with Crippen molar-refractivity contribution < 1.29 is 9.53 Å². The third-order valence-corrected chi connectivity index (χ3v) is 4.66. The zero-order valence-electron chi connectivity index (χ0n) is 13.6. The van der Waals surface area contributed by atoms with Crippen molar-refractivity contribution in [2.75, 3.05) is 13.1 Å². The van der Waals surface area contributed by atoms with Crippen LogP contribution in [0.25, 0.3) is 0 Å². The van der Waals surface area contributed by atoms with Gasteiger partial charge in [-0.05, 0) is 31.7 Å². The first-order valence-electron chi connectivity index (χ1n) is 8.80. The lowest BCUT2D eigenvalue weighted by atomic mass is 10.1. The first kappa shape index (κ1) is 16.0. The number of ether oxygens (including phenoxy) is 1. The van der Waals surface area contributed by atoms with Gasteiger partial charge in [-0.25, -0.2) is 14.8 Å². The van der Waals surface area contributed by atoms with Gasteiger partial charge in [0.25, 0.3) is 0 Å². The van der Waals surface area contributed by atoms with Gasteiger partial charge in [-0.1, -0.05) is 25.7 Å². The molecule has 0 radical (unpaired) electrons. The molecule has 1 saturated carbocycles. The number of rotatable bonds is 3. The van der Waals surface area contributed by atoms with Crippen LogP contribution in [0.3, 0.4) is 0 Å². The number of amides is 2. The quantitative estimate of drug-likeness (QED) is 0.870. The molecule has 1 aromatic rings. The van der Waals surface area contributed by atoms with Crippen molar-refractivity contribution in [3.8, 4) is 6.01 Å². The molecule has 2 amide bonds. The fourth-order valence-electron chi connectivity index (χ4n) is 3.40. The Bertz CT molecular complexity index is 489. The molecule has 6 nitrogen and oxygen atoms in total. The van der Waals surface area contributed by atoms with E-state index in [4.69, 9.17) is 4.74 Å². The van der Waals surface area contributed by atoms with E-state index in [1.165, 1.54) is 25.7 Å². The van der Waals surface area contributed by atoms with Gasteiger partial charge in [0.15, 0.2) is 0 Å². The maximum atomic E-state index is 12.5. The summed E-state index contributed by atoms with van der Waals surface area (Å²) in [4.78, 5) is 22.6. The summed E-state index contributed by atoms with van der Waals surface area (Å²) < 4.78 is 5.80. The molecule has 1 unspecified atom stereocenters. The molecule has 1 saturated heterocycles. The van der Waals surface area contributed by atoms with E-state index in [0.29, 0.717) is 18.6 Å². The molecule has 1 aliphatic heterocycles. The molecule has 1 aliphatic carbocycles. The summed E-state index contributed by atoms with van der Waals surface area (Å²) in [5.41, 5.74) is 0. The maximum absolute atomic E-state index is 12.5. The van der Waals surface area contributed by atoms with Crippen LogP contribution in [0.5, 0.6) is 6.01 Å². The highest BCUT2D eigenvalue weighted by atomic mass is 16.5. The number of nitrogens with one attached hydrogen (secondary N) is 1. The van der Waals surface area contributed by atoms with Crippen LogP contribution in [-0.2, 0) is 0 Å². The summed E-state index contributed by atoms with van der Waals surface area (Å²) in [6.07, 6.45) is 12.5. The monoisotopic (exact) mass is 318 g/mol. The van der Waals surface area contributed by atoms with Crippen molar-refractivity contribution in [1.82, 2.24) is 20.2 Å². The number of hydrogen-bond acceptors (Lipinski definition) is 4. The van der Waals surface area contributed by atoms with Crippen LogP contribution in [0, 0.1) is 0 Å². The fourth-order valence-corrected chi connectivity index (χ4v) is 3.40. The molecule has 126 valence electrons. The summed E-state index contributed by atoms with van der Waals surface area (Å²) in [6.45, 7) is 1.41. The first-order chi connectivity index (χ1) is 11.3. The molecule has 1 aromatic heterocycles. The number of nitrogens with zero attached hydrogens (tertiary/aromatic N) is 3. The minimum absolute atomic E-state index is 0.0222. The second kappa shape index (κ2) is 8.13. The van der Waals surface area contributed by atoms with Gasteiger partial charge in [0.05, 0.1) is 6.54 Å². The standard InChI is InChI=1S/C17H26N4O2/c22-17(20-14-7-3-1-2-4-8-14)21-12-5-9-15(13-21)23-16-18-10-6-11-19-16/h6,10-11,14-15H,1-5,7-9,12-13H2,(H,20,22). The first-order valence-corrected chi connectivity index (χ1v) is 8.80. The van der Waals surface area contributed by atoms with Crippen LogP contribution in [0.2, 0.25) is 0 Å². The predicted molar refractivity (Wildman–Crippen MR) is 87.3 cm³/mol. The lowest BCUT2D eigenvalue weighted by molar-refractivity contribution is 0.0926. The zero-order chi connectivity index (χ0) is 15.9. The summed E-state index contributed by atoms with van der Waals surface area (Å²) in [5.74, 6) is 0. The molecule has 1 atom stereocenters. The predicted octanol–water partition coefficient (Wildman–Crippen LogP) is 2.75. The van der Waals surface area contributed by atoms with Gasteiger partial charge in [0, 0.05) is 25.0 Å². The molecule has 0 bridgehead atoms. The molecular formula is C17H26N4O2. The van der Waals surface area contributed by atoms with E-state index < -0.39 is 0 Å². The largest absolute Gasteiger partial charge is 0.458 e. The van der Waals surface area contributed by atoms with Crippen molar-refractivity contribution in [3.63, 3.8) is 0 Å². The third kappa shape index (κ3) is 4.81. The Labute approximate surface area is 137 Å². The number of likely N-dealkylation sites (tertiary alicyclic amines) is 1. The summed E-state index contributed by atoms with van der Waals surface area (Å²) in [5, 5.41) is 3.21. The molecule has 3 rings (SSSR count). The minimum atomic E-state index is -0.0222. The molecule has 23 heavy (non-hydrogen) atoms. The van der Waals surface area contributed by atoms with Gasteiger partial charge in [0.1, 0.15) is 6.10 Å². The molecule has 2 fully saturated rings. The smallest absolute Gasteiger partial charge is 0.317 e. The highest BCUT2D eigenvalue weighted by Gasteiger charge is 2.26. The summed E-state index contributed by atoms with van der Waals surface area (Å²) in [6, 6.07) is 2.55. The number of aromatic nitrogens is 2. The lowest BCUT2D eigenvalue weighted by Crippen LogP contribution is -2.51. The topological polar surface area (TPSA) is 67.4 Å². The molecular weight excluding hydrogens is 292 g/mol. The molecule has 6 heteroatoms. The maximum Gasteiger partial charge on any atom is 0.317 e. The van der Waals surface area contributed by atoms with E-state index in [1.54, 1.807) is 18.5 Å². The highest BCUT2D eigenvalue weighted by molar-refractivity contribution is 5.74. The SMILES string of the molecule is O=C(NC1CCCCCC1)N1CCCC(Oc2ncccn2)C1. The van der Waals surface area contributed by atoms with E-state index in [2.05, 4.69) is 15.3 Å². The van der Waals surface area contributed by atoms with Crippen molar-refractivity contribution >= 4 is 6.03 Å². The number of urea groups is 1. The van der Waals surface area contributed by atoms with E-state index in [1.807, 2.05) is 4.90 Å². The third-order valence-electron chi connectivity index (χ3n) is 4.66. The normalized spacial score (nSPS) is 23.1. The molecule has 1 N–H and O–H groups in total. The Kier molecular flexibility index (Phi) is 5.66. The van der Waals surface area contributed by atoms with Crippen LogP contribution in [0.1, 0.15) is 51.4 Å². The second-order valence-corrected chi connectivity index (χ2v) is 6.50. The Balaban J connectivity index is 1.50.